The molecule has 0 aromatic heterocycles. The first-order chi connectivity index (χ1) is 10.6. The fourth-order valence-electron chi connectivity index (χ4n) is 3.42. The molecule has 2 nitrogen and oxygen atoms in total. The van der Waals surface area contributed by atoms with Crippen molar-refractivity contribution in [2.24, 2.45) is 0 Å². The van der Waals surface area contributed by atoms with Crippen LogP contribution in [0.25, 0.3) is 0 Å². The van der Waals surface area contributed by atoms with E-state index in [0.717, 1.165) is 11.1 Å². The van der Waals surface area contributed by atoms with Crippen molar-refractivity contribution >= 4 is 0 Å². The molecule has 0 bridgehead atoms. The number of hydrogen-bond donors (Lipinski definition) is 2. The molecule has 0 fully saturated rings. The zero-order valence-electron chi connectivity index (χ0n) is 12.4. The standard InChI is InChI=1S/C18H19F2NO/c1-21-10-17(22)18-13-4-2-6-15(19)11(13)8-9-12-14(18)5-3-7-16(12)20/h2-7,17-18,21-22H,8-10H2,1H3. The van der Waals surface area contributed by atoms with Crippen LogP contribution in [0, 0.1) is 11.6 Å². The van der Waals surface area contributed by atoms with Gasteiger partial charge in [0, 0.05) is 12.5 Å². The van der Waals surface area contributed by atoms with Crippen molar-refractivity contribution in [3.63, 3.8) is 0 Å². The lowest BCUT2D eigenvalue weighted by molar-refractivity contribution is 0.156. The highest BCUT2D eigenvalue weighted by Crippen LogP contribution is 2.38. The van der Waals surface area contributed by atoms with Gasteiger partial charge in [0.05, 0.1) is 6.10 Å². The Balaban J connectivity index is 2.21. The van der Waals surface area contributed by atoms with Crippen molar-refractivity contribution in [1.82, 2.24) is 5.32 Å². The summed E-state index contributed by atoms with van der Waals surface area (Å²) >= 11 is 0. The summed E-state index contributed by atoms with van der Waals surface area (Å²) in [5.74, 6) is -0.994. The second-order valence-corrected chi connectivity index (χ2v) is 5.72. The Bertz CT molecular complexity index is 633. The average molecular weight is 303 g/mol. The molecular weight excluding hydrogens is 284 g/mol. The van der Waals surface area contributed by atoms with Crippen molar-refractivity contribution in [2.45, 2.75) is 24.9 Å². The van der Waals surface area contributed by atoms with Gasteiger partial charge < -0.3 is 10.4 Å². The Labute approximate surface area is 128 Å². The molecule has 1 atom stereocenters. The minimum Gasteiger partial charge on any atom is -0.391 e. The first-order valence-corrected chi connectivity index (χ1v) is 7.50. The summed E-state index contributed by atoms with van der Waals surface area (Å²) < 4.78 is 28.4. The van der Waals surface area contributed by atoms with Gasteiger partial charge in [0.2, 0.25) is 0 Å². The van der Waals surface area contributed by atoms with Crippen LogP contribution in [0.15, 0.2) is 36.4 Å². The van der Waals surface area contributed by atoms with Gasteiger partial charge in [-0.25, -0.2) is 8.78 Å². The highest BCUT2D eigenvalue weighted by Gasteiger charge is 2.31. The third-order valence-corrected chi connectivity index (χ3v) is 4.40. The fourth-order valence-corrected chi connectivity index (χ4v) is 3.42. The van der Waals surface area contributed by atoms with Gasteiger partial charge in [0.15, 0.2) is 0 Å². The zero-order valence-corrected chi connectivity index (χ0v) is 12.4. The van der Waals surface area contributed by atoms with E-state index in [1.165, 1.54) is 12.1 Å². The van der Waals surface area contributed by atoms with E-state index >= 15 is 0 Å². The molecule has 3 rings (SSSR count). The molecule has 1 unspecified atom stereocenters. The van der Waals surface area contributed by atoms with Crippen LogP contribution < -0.4 is 5.32 Å². The van der Waals surface area contributed by atoms with Crippen molar-refractivity contribution in [2.75, 3.05) is 13.6 Å². The smallest absolute Gasteiger partial charge is 0.126 e. The van der Waals surface area contributed by atoms with Crippen LogP contribution in [-0.4, -0.2) is 24.8 Å². The molecule has 4 heteroatoms. The van der Waals surface area contributed by atoms with Crippen molar-refractivity contribution in [3.05, 3.63) is 70.3 Å². The summed E-state index contributed by atoms with van der Waals surface area (Å²) in [7, 11) is 1.75. The van der Waals surface area contributed by atoms with Gasteiger partial charge in [-0.3, -0.25) is 0 Å². The lowest BCUT2D eigenvalue weighted by Crippen LogP contribution is -2.31. The number of hydrogen-bond acceptors (Lipinski definition) is 2. The highest BCUT2D eigenvalue weighted by molar-refractivity contribution is 5.46. The lowest BCUT2D eigenvalue weighted by atomic mass is 9.83. The van der Waals surface area contributed by atoms with Crippen LogP contribution in [0.3, 0.4) is 0 Å². The fraction of sp³-hybridized carbons (Fsp3) is 0.333. The molecule has 0 radical (unpaired) electrons. The Hall–Kier alpha value is -1.78. The van der Waals surface area contributed by atoms with Crippen LogP contribution in [0.1, 0.15) is 28.2 Å². The molecule has 1 aliphatic carbocycles. The molecule has 22 heavy (non-hydrogen) atoms. The number of aliphatic hydroxyl groups is 1. The topological polar surface area (TPSA) is 32.3 Å². The van der Waals surface area contributed by atoms with E-state index in [-0.39, 0.29) is 11.6 Å². The van der Waals surface area contributed by atoms with E-state index in [9.17, 15) is 13.9 Å². The molecule has 0 amide bonds. The van der Waals surface area contributed by atoms with E-state index in [4.69, 9.17) is 0 Å². The molecule has 0 spiro atoms. The third-order valence-electron chi connectivity index (χ3n) is 4.40. The maximum absolute atomic E-state index is 14.2. The quantitative estimate of drug-likeness (QED) is 0.914. The molecule has 2 aromatic rings. The summed E-state index contributed by atoms with van der Waals surface area (Å²) in [5, 5.41) is 13.5. The van der Waals surface area contributed by atoms with Gasteiger partial charge in [-0.05, 0) is 54.3 Å². The second kappa shape index (κ2) is 6.15. The summed E-state index contributed by atoms with van der Waals surface area (Å²) in [4.78, 5) is 0. The average Bonchev–Trinajstić information content (AvgIpc) is 2.66. The van der Waals surface area contributed by atoms with E-state index in [1.54, 1.807) is 19.2 Å². The molecule has 2 aromatic carbocycles. The van der Waals surface area contributed by atoms with Crippen LogP contribution in [0.4, 0.5) is 8.78 Å². The number of benzene rings is 2. The van der Waals surface area contributed by atoms with Gasteiger partial charge in [-0.2, -0.15) is 0 Å². The first-order valence-electron chi connectivity index (χ1n) is 7.50. The minimum absolute atomic E-state index is 0.285. The predicted molar refractivity (Wildman–Crippen MR) is 82.0 cm³/mol. The van der Waals surface area contributed by atoms with E-state index < -0.39 is 12.0 Å². The van der Waals surface area contributed by atoms with E-state index in [0.29, 0.717) is 30.5 Å². The molecule has 0 aliphatic heterocycles. The first kappa shape index (κ1) is 15.1. The third kappa shape index (κ3) is 2.53. The number of halogens is 2. The normalized spacial score (nSPS) is 15.8. The predicted octanol–water partition coefficient (Wildman–Crippen LogP) is 2.78. The Morgan fingerprint density at radius 3 is 2.00 bits per heavy atom. The van der Waals surface area contributed by atoms with Gasteiger partial charge in [-0.1, -0.05) is 24.3 Å². The van der Waals surface area contributed by atoms with Gasteiger partial charge in [-0.15, -0.1) is 0 Å². The molecule has 2 N–H and O–H groups in total. The van der Waals surface area contributed by atoms with E-state index in [1.807, 2.05) is 12.1 Å². The number of rotatable bonds is 3. The van der Waals surface area contributed by atoms with Crippen LogP contribution in [0.2, 0.25) is 0 Å². The van der Waals surface area contributed by atoms with Crippen LogP contribution in [-0.2, 0) is 12.8 Å². The Kier molecular flexibility index (Phi) is 4.23. The molecule has 0 saturated carbocycles. The van der Waals surface area contributed by atoms with Crippen LogP contribution >= 0.6 is 0 Å². The van der Waals surface area contributed by atoms with Gasteiger partial charge in [0.25, 0.3) is 0 Å². The molecule has 116 valence electrons. The second-order valence-electron chi connectivity index (χ2n) is 5.72. The zero-order chi connectivity index (χ0) is 15.7. The summed E-state index contributed by atoms with van der Waals surface area (Å²) in [6.45, 7) is 0.358. The molecule has 0 heterocycles. The maximum Gasteiger partial charge on any atom is 0.126 e. The van der Waals surface area contributed by atoms with E-state index in [2.05, 4.69) is 5.32 Å². The Morgan fingerprint density at radius 2 is 1.55 bits per heavy atom. The largest absolute Gasteiger partial charge is 0.391 e. The number of nitrogens with one attached hydrogen (secondary N) is 1. The summed E-state index contributed by atoms with van der Waals surface area (Å²) in [5.41, 5.74) is 2.68. The maximum atomic E-state index is 14.2. The monoisotopic (exact) mass is 303 g/mol. The van der Waals surface area contributed by atoms with Crippen molar-refractivity contribution < 1.29 is 13.9 Å². The van der Waals surface area contributed by atoms with Gasteiger partial charge >= 0.3 is 0 Å². The molecular formula is C18H19F2NO. The number of aliphatic hydroxyl groups excluding tert-OH is 1. The molecule has 1 aliphatic rings. The van der Waals surface area contributed by atoms with Crippen molar-refractivity contribution in [3.8, 4) is 0 Å². The van der Waals surface area contributed by atoms with Crippen molar-refractivity contribution in [1.29, 1.82) is 0 Å². The number of fused-ring (bicyclic) bond motifs is 2. The highest BCUT2D eigenvalue weighted by atomic mass is 19.1. The summed E-state index contributed by atoms with van der Waals surface area (Å²) in [6.07, 6.45) is 0.140. The van der Waals surface area contributed by atoms with Gasteiger partial charge in [0.1, 0.15) is 11.6 Å². The number of likely N-dealkylation sites (N-methyl/N-ethyl adjacent to an activating group) is 1. The molecule has 0 saturated heterocycles. The minimum atomic E-state index is -0.746. The van der Waals surface area contributed by atoms with Crippen LogP contribution in [0.5, 0.6) is 0 Å². The lowest BCUT2D eigenvalue weighted by Gasteiger charge is -2.26. The SMILES string of the molecule is CNCC(O)C1c2cccc(F)c2CCc2c(F)cccc21. The summed E-state index contributed by atoms with van der Waals surface area (Å²) in [6, 6.07) is 9.82. The Morgan fingerprint density at radius 1 is 1.05 bits per heavy atom.